The first-order valence-electron chi connectivity index (χ1n) is 2.50. The van der Waals surface area contributed by atoms with Crippen LogP contribution in [0.1, 0.15) is 5.56 Å². The minimum absolute atomic E-state index is 0.544. The van der Waals surface area contributed by atoms with Crippen LogP contribution in [0.2, 0.25) is 0 Å². The molecular formula is C7H5OS. The van der Waals surface area contributed by atoms with Crippen LogP contribution >= 0.6 is 12.6 Å². The van der Waals surface area contributed by atoms with E-state index >= 15 is 0 Å². The van der Waals surface area contributed by atoms with Crippen molar-refractivity contribution in [3.8, 4) is 0 Å². The van der Waals surface area contributed by atoms with Crippen molar-refractivity contribution in [1.82, 2.24) is 0 Å². The largest absolute Gasteiger partial charge is 0.285 e. The van der Waals surface area contributed by atoms with Gasteiger partial charge in [-0.25, -0.2) is 0 Å². The Morgan fingerprint density at radius 3 is 2.67 bits per heavy atom. The highest BCUT2D eigenvalue weighted by Crippen LogP contribution is 2.05. The van der Waals surface area contributed by atoms with Crippen LogP contribution in [0.5, 0.6) is 0 Å². The summed E-state index contributed by atoms with van der Waals surface area (Å²) in [5.41, 5.74) is 0.544. The van der Waals surface area contributed by atoms with E-state index in [1.165, 1.54) is 0 Å². The average molecular weight is 137 g/mol. The average Bonchev–Trinajstić information content (AvgIpc) is 1.88. The van der Waals surface area contributed by atoms with Crippen LogP contribution in [-0.2, 0) is 4.79 Å². The highest BCUT2D eigenvalue weighted by Gasteiger charge is 1.88. The summed E-state index contributed by atoms with van der Waals surface area (Å²) in [6, 6.07) is 6.93. The highest BCUT2D eigenvalue weighted by atomic mass is 32.1. The number of thiol groups is 1. The molecule has 1 rings (SSSR count). The third-order valence-corrected chi connectivity index (χ3v) is 1.24. The molecule has 0 atom stereocenters. The molecule has 0 spiro atoms. The van der Waals surface area contributed by atoms with Crippen LogP contribution in [0.25, 0.3) is 0 Å². The smallest absolute Gasteiger partial charge is 0.233 e. The molecule has 0 heterocycles. The van der Waals surface area contributed by atoms with Gasteiger partial charge in [0.15, 0.2) is 0 Å². The van der Waals surface area contributed by atoms with E-state index in [-0.39, 0.29) is 0 Å². The van der Waals surface area contributed by atoms with E-state index in [4.69, 9.17) is 0 Å². The van der Waals surface area contributed by atoms with Gasteiger partial charge in [0, 0.05) is 10.5 Å². The maximum atomic E-state index is 10.00. The summed E-state index contributed by atoms with van der Waals surface area (Å²) >= 11 is 4.03. The zero-order valence-electron chi connectivity index (χ0n) is 4.66. The lowest BCUT2D eigenvalue weighted by atomic mass is 10.2. The second kappa shape index (κ2) is 2.69. The fourth-order valence-electron chi connectivity index (χ4n) is 0.569. The highest BCUT2D eigenvalue weighted by molar-refractivity contribution is 7.80. The molecule has 1 nitrogen and oxygen atoms in total. The number of hydrogen-bond donors (Lipinski definition) is 1. The van der Waals surface area contributed by atoms with Gasteiger partial charge in [0.2, 0.25) is 6.29 Å². The van der Waals surface area contributed by atoms with Gasteiger partial charge >= 0.3 is 0 Å². The molecule has 1 aromatic carbocycles. The molecule has 0 saturated carbocycles. The molecule has 2 heteroatoms. The first-order valence-corrected chi connectivity index (χ1v) is 2.95. The Balaban J connectivity index is 3.07. The van der Waals surface area contributed by atoms with Crippen molar-refractivity contribution in [3.05, 3.63) is 29.8 Å². The lowest BCUT2D eigenvalue weighted by Crippen LogP contribution is -1.76. The molecule has 0 saturated heterocycles. The Morgan fingerprint density at radius 2 is 2.22 bits per heavy atom. The third-order valence-electron chi connectivity index (χ3n) is 0.964. The molecule has 45 valence electrons. The van der Waals surface area contributed by atoms with Gasteiger partial charge in [-0.2, -0.15) is 0 Å². The van der Waals surface area contributed by atoms with Gasteiger partial charge in [-0.3, -0.25) is 4.79 Å². The number of rotatable bonds is 1. The molecule has 0 N–H and O–H groups in total. The van der Waals surface area contributed by atoms with E-state index in [0.717, 1.165) is 4.90 Å². The second-order valence-corrected chi connectivity index (χ2v) is 2.17. The van der Waals surface area contributed by atoms with Crippen molar-refractivity contribution in [1.29, 1.82) is 0 Å². The van der Waals surface area contributed by atoms with Crippen LogP contribution < -0.4 is 0 Å². The molecular weight excluding hydrogens is 132 g/mol. The van der Waals surface area contributed by atoms with E-state index in [0.29, 0.717) is 5.56 Å². The van der Waals surface area contributed by atoms with Gasteiger partial charge in [0.1, 0.15) is 0 Å². The molecule has 0 fully saturated rings. The van der Waals surface area contributed by atoms with Gasteiger partial charge in [0.25, 0.3) is 0 Å². The van der Waals surface area contributed by atoms with Crippen molar-refractivity contribution >= 4 is 18.9 Å². The maximum Gasteiger partial charge on any atom is 0.233 e. The van der Waals surface area contributed by atoms with Gasteiger partial charge in [0.05, 0.1) is 0 Å². The molecule has 0 amide bonds. The Bertz CT molecular complexity index is 220. The summed E-state index contributed by atoms with van der Waals surface area (Å²) < 4.78 is 0. The standard InChI is InChI=1S/C7H5OS/c8-5-6-2-1-3-7(9)4-6/h1-4,9H. The van der Waals surface area contributed by atoms with E-state index in [2.05, 4.69) is 12.6 Å². The number of carbonyl (C=O) groups excluding carboxylic acids is 1. The van der Waals surface area contributed by atoms with Crippen molar-refractivity contribution in [3.63, 3.8) is 0 Å². The third kappa shape index (κ3) is 1.57. The first kappa shape index (κ1) is 6.36. The van der Waals surface area contributed by atoms with Crippen LogP contribution in [0.3, 0.4) is 0 Å². The predicted molar refractivity (Wildman–Crippen MR) is 38.5 cm³/mol. The summed E-state index contributed by atoms with van der Waals surface area (Å²) in [6.45, 7) is 0. The lowest BCUT2D eigenvalue weighted by Gasteiger charge is -1.88. The zero-order chi connectivity index (χ0) is 6.69. The molecule has 0 unspecified atom stereocenters. The van der Waals surface area contributed by atoms with Crippen LogP contribution in [0, 0.1) is 0 Å². The molecule has 0 bridgehead atoms. The minimum atomic E-state index is 0.544. The summed E-state index contributed by atoms with van der Waals surface area (Å²) in [6.07, 6.45) is 1.77. The quantitative estimate of drug-likeness (QED) is 0.579. The zero-order valence-corrected chi connectivity index (χ0v) is 5.56. The Labute approximate surface area is 59.1 Å². The van der Waals surface area contributed by atoms with E-state index < -0.39 is 0 Å². The number of benzene rings is 1. The van der Waals surface area contributed by atoms with Crippen molar-refractivity contribution in [2.24, 2.45) is 0 Å². The topological polar surface area (TPSA) is 17.1 Å². The summed E-state index contributed by atoms with van der Waals surface area (Å²) in [7, 11) is 0. The van der Waals surface area contributed by atoms with Crippen molar-refractivity contribution in [2.45, 2.75) is 4.90 Å². The molecule has 0 aromatic heterocycles. The van der Waals surface area contributed by atoms with Crippen LogP contribution in [0.4, 0.5) is 0 Å². The number of hydrogen-bond acceptors (Lipinski definition) is 2. The Kier molecular flexibility index (Phi) is 1.90. The summed E-state index contributed by atoms with van der Waals surface area (Å²) in [5.74, 6) is 0. The monoisotopic (exact) mass is 137 g/mol. The minimum Gasteiger partial charge on any atom is -0.285 e. The SMILES string of the molecule is O=[C]c1cccc(S)c1. The van der Waals surface area contributed by atoms with Crippen LogP contribution in [0.15, 0.2) is 29.2 Å². The fraction of sp³-hybridized carbons (Fsp3) is 0. The summed E-state index contributed by atoms with van der Waals surface area (Å²) in [4.78, 5) is 10.8. The van der Waals surface area contributed by atoms with Gasteiger partial charge in [-0.05, 0) is 12.1 Å². The van der Waals surface area contributed by atoms with Crippen molar-refractivity contribution < 1.29 is 4.79 Å². The molecule has 0 aliphatic rings. The molecule has 0 aliphatic heterocycles. The van der Waals surface area contributed by atoms with Gasteiger partial charge in [-0.1, -0.05) is 12.1 Å². The molecule has 0 aliphatic carbocycles. The van der Waals surface area contributed by atoms with Gasteiger partial charge < -0.3 is 0 Å². The van der Waals surface area contributed by atoms with Gasteiger partial charge in [-0.15, -0.1) is 12.6 Å². The molecule has 1 aromatic rings. The first-order chi connectivity index (χ1) is 4.33. The second-order valence-electron chi connectivity index (χ2n) is 1.65. The summed E-state index contributed by atoms with van der Waals surface area (Å²) in [5, 5.41) is 0. The van der Waals surface area contributed by atoms with Crippen molar-refractivity contribution in [2.75, 3.05) is 0 Å². The van der Waals surface area contributed by atoms with E-state index in [9.17, 15) is 4.79 Å². The lowest BCUT2D eigenvalue weighted by molar-refractivity contribution is 0.562. The van der Waals surface area contributed by atoms with E-state index in [1.54, 1.807) is 24.5 Å². The Morgan fingerprint density at radius 1 is 1.44 bits per heavy atom. The Hall–Kier alpha value is -0.760. The fourth-order valence-corrected chi connectivity index (χ4v) is 0.795. The van der Waals surface area contributed by atoms with Crippen LogP contribution in [-0.4, -0.2) is 6.29 Å². The predicted octanol–water partition coefficient (Wildman–Crippen LogP) is 1.43. The molecule has 9 heavy (non-hydrogen) atoms. The van der Waals surface area contributed by atoms with E-state index in [1.807, 2.05) is 6.07 Å². The normalized spacial score (nSPS) is 9.00. The molecule has 1 radical (unpaired) electrons. The maximum absolute atomic E-state index is 10.00.